The van der Waals surface area contributed by atoms with Crippen molar-refractivity contribution in [1.29, 1.82) is 0 Å². The molecule has 1 aromatic rings. The van der Waals surface area contributed by atoms with E-state index >= 15 is 0 Å². The minimum Gasteiger partial charge on any atom is -0.494 e. The summed E-state index contributed by atoms with van der Waals surface area (Å²) in [5.41, 5.74) is 6.92. The van der Waals surface area contributed by atoms with E-state index in [9.17, 15) is 4.39 Å². The van der Waals surface area contributed by atoms with E-state index in [1.165, 1.54) is 6.07 Å². The molecule has 0 amide bonds. The van der Waals surface area contributed by atoms with Crippen LogP contribution in [0.4, 0.5) is 4.39 Å². The van der Waals surface area contributed by atoms with Crippen molar-refractivity contribution in [3.05, 3.63) is 29.6 Å². The molecule has 0 heterocycles. The highest BCUT2D eigenvalue weighted by atomic mass is 19.1. The lowest BCUT2D eigenvalue weighted by Crippen LogP contribution is -2.40. The first-order valence-corrected chi connectivity index (χ1v) is 8.31. The molecule has 0 aliphatic heterocycles. The summed E-state index contributed by atoms with van der Waals surface area (Å²) in [6.45, 7) is 2.95. The summed E-state index contributed by atoms with van der Waals surface area (Å²) in [5, 5.41) is 0. The van der Waals surface area contributed by atoms with Crippen LogP contribution in [0, 0.1) is 11.7 Å². The molecule has 1 unspecified atom stereocenters. The van der Waals surface area contributed by atoms with Crippen LogP contribution in [-0.4, -0.2) is 33.2 Å². The van der Waals surface area contributed by atoms with Crippen molar-refractivity contribution in [3.8, 4) is 5.75 Å². The summed E-state index contributed by atoms with van der Waals surface area (Å²) < 4.78 is 30.5. The Balaban J connectivity index is 2.19. The van der Waals surface area contributed by atoms with Gasteiger partial charge in [-0.2, -0.15) is 0 Å². The van der Waals surface area contributed by atoms with E-state index < -0.39 is 5.79 Å². The third-order valence-electron chi connectivity index (χ3n) is 5.03. The normalized spacial score (nSPS) is 19.5. The van der Waals surface area contributed by atoms with Gasteiger partial charge in [-0.3, -0.25) is 0 Å². The zero-order valence-corrected chi connectivity index (χ0v) is 14.3. The molecule has 5 heteroatoms. The second kappa shape index (κ2) is 8.08. The molecule has 130 valence electrons. The van der Waals surface area contributed by atoms with Gasteiger partial charge >= 0.3 is 0 Å². The number of nitrogens with two attached hydrogens (primary N) is 1. The van der Waals surface area contributed by atoms with Gasteiger partial charge in [-0.15, -0.1) is 0 Å². The van der Waals surface area contributed by atoms with Gasteiger partial charge in [0.25, 0.3) is 0 Å². The van der Waals surface area contributed by atoms with E-state index in [2.05, 4.69) is 0 Å². The van der Waals surface area contributed by atoms with Crippen LogP contribution >= 0.6 is 0 Å². The van der Waals surface area contributed by atoms with Crippen molar-refractivity contribution < 1.29 is 18.6 Å². The SMILES string of the molecule is CCOc1ccc(F)cc1C(CN)C1CCC(OC)(OC)CC1. The molecule has 0 aromatic heterocycles. The molecular weight excluding hydrogens is 297 g/mol. The number of methoxy groups -OCH3 is 2. The predicted octanol–water partition coefficient (Wildman–Crippen LogP) is 3.45. The molecule has 0 radical (unpaired) electrons. The van der Waals surface area contributed by atoms with E-state index in [0.29, 0.717) is 19.1 Å². The first-order valence-electron chi connectivity index (χ1n) is 8.31. The lowest BCUT2D eigenvalue weighted by molar-refractivity contribution is -0.228. The first-order chi connectivity index (χ1) is 11.1. The third kappa shape index (κ3) is 4.03. The van der Waals surface area contributed by atoms with Gasteiger partial charge in [0, 0.05) is 38.5 Å². The molecule has 1 atom stereocenters. The van der Waals surface area contributed by atoms with Gasteiger partial charge in [-0.25, -0.2) is 4.39 Å². The molecule has 0 bridgehead atoms. The number of ether oxygens (including phenoxy) is 3. The van der Waals surface area contributed by atoms with Crippen LogP contribution < -0.4 is 10.5 Å². The van der Waals surface area contributed by atoms with Crippen molar-refractivity contribution in [3.63, 3.8) is 0 Å². The van der Waals surface area contributed by atoms with Gasteiger partial charge in [0.15, 0.2) is 5.79 Å². The number of benzene rings is 1. The number of halogens is 1. The fraction of sp³-hybridized carbons (Fsp3) is 0.667. The summed E-state index contributed by atoms with van der Waals surface area (Å²) in [6.07, 6.45) is 3.51. The zero-order valence-electron chi connectivity index (χ0n) is 14.3. The minimum atomic E-state index is -0.486. The molecule has 1 aromatic carbocycles. The quantitative estimate of drug-likeness (QED) is 0.780. The molecule has 1 aliphatic carbocycles. The Morgan fingerprint density at radius 3 is 2.43 bits per heavy atom. The molecule has 0 spiro atoms. The van der Waals surface area contributed by atoms with Crippen LogP contribution in [-0.2, 0) is 9.47 Å². The second-order valence-corrected chi connectivity index (χ2v) is 6.11. The maximum atomic E-state index is 13.7. The average molecular weight is 325 g/mol. The van der Waals surface area contributed by atoms with Gasteiger partial charge in [-0.05, 0) is 50.4 Å². The van der Waals surface area contributed by atoms with Crippen LogP contribution in [0.2, 0.25) is 0 Å². The predicted molar refractivity (Wildman–Crippen MR) is 88.1 cm³/mol. The summed E-state index contributed by atoms with van der Waals surface area (Å²) in [4.78, 5) is 0. The summed E-state index contributed by atoms with van der Waals surface area (Å²) in [5.74, 6) is 0.458. The third-order valence-corrected chi connectivity index (χ3v) is 5.03. The van der Waals surface area contributed by atoms with E-state index in [1.54, 1.807) is 26.4 Å². The Kier molecular flexibility index (Phi) is 6.39. The highest BCUT2D eigenvalue weighted by Crippen LogP contribution is 2.43. The van der Waals surface area contributed by atoms with Gasteiger partial charge < -0.3 is 19.9 Å². The van der Waals surface area contributed by atoms with E-state index in [1.807, 2.05) is 6.92 Å². The van der Waals surface area contributed by atoms with Crippen molar-refractivity contribution in [2.24, 2.45) is 11.7 Å². The lowest BCUT2D eigenvalue weighted by atomic mass is 9.74. The van der Waals surface area contributed by atoms with E-state index in [-0.39, 0.29) is 11.7 Å². The minimum absolute atomic E-state index is 0.0824. The fourth-order valence-corrected chi connectivity index (χ4v) is 3.64. The highest BCUT2D eigenvalue weighted by Gasteiger charge is 2.38. The Morgan fingerprint density at radius 1 is 1.26 bits per heavy atom. The molecule has 4 nitrogen and oxygen atoms in total. The Bertz CT molecular complexity index is 495. The fourth-order valence-electron chi connectivity index (χ4n) is 3.64. The smallest absolute Gasteiger partial charge is 0.167 e. The van der Waals surface area contributed by atoms with Crippen molar-refractivity contribution in [2.45, 2.75) is 44.3 Å². The Morgan fingerprint density at radius 2 is 1.91 bits per heavy atom. The maximum absolute atomic E-state index is 13.7. The van der Waals surface area contributed by atoms with Crippen LogP contribution in [0.5, 0.6) is 5.75 Å². The Hall–Kier alpha value is -1.17. The maximum Gasteiger partial charge on any atom is 0.167 e. The second-order valence-electron chi connectivity index (χ2n) is 6.11. The summed E-state index contributed by atoms with van der Waals surface area (Å²) in [6, 6.07) is 4.70. The van der Waals surface area contributed by atoms with Crippen LogP contribution in [0.25, 0.3) is 0 Å². The summed E-state index contributed by atoms with van der Waals surface area (Å²) in [7, 11) is 3.37. The lowest BCUT2D eigenvalue weighted by Gasteiger charge is -2.40. The zero-order chi connectivity index (χ0) is 16.9. The first kappa shape index (κ1) is 18.2. The monoisotopic (exact) mass is 325 g/mol. The van der Waals surface area contributed by atoms with E-state index in [0.717, 1.165) is 37.0 Å². The molecule has 23 heavy (non-hydrogen) atoms. The standard InChI is InChI=1S/C18H28FNO3/c1-4-23-17-6-5-14(19)11-15(17)16(12-20)13-7-9-18(21-2,22-3)10-8-13/h5-6,11,13,16H,4,7-10,12,20H2,1-3H3. The number of hydrogen-bond donors (Lipinski definition) is 1. The van der Waals surface area contributed by atoms with Crippen LogP contribution in [0.1, 0.15) is 44.1 Å². The molecule has 1 aliphatic rings. The van der Waals surface area contributed by atoms with Gasteiger partial charge in [0.2, 0.25) is 0 Å². The Labute approximate surface area is 138 Å². The molecular formula is C18H28FNO3. The van der Waals surface area contributed by atoms with E-state index in [4.69, 9.17) is 19.9 Å². The number of rotatable bonds is 7. The highest BCUT2D eigenvalue weighted by molar-refractivity contribution is 5.37. The van der Waals surface area contributed by atoms with Crippen molar-refractivity contribution in [1.82, 2.24) is 0 Å². The molecule has 2 N–H and O–H groups in total. The molecule has 1 saturated carbocycles. The van der Waals surface area contributed by atoms with Gasteiger partial charge in [0.05, 0.1) is 6.61 Å². The van der Waals surface area contributed by atoms with Crippen molar-refractivity contribution in [2.75, 3.05) is 27.4 Å². The summed E-state index contributed by atoms with van der Waals surface area (Å²) >= 11 is 0. The molecule has 0 saturated heterocycles. The molecule has 2 rings (SSSR count). The van der Waals surface area contributed by atoms with Gasteiger partial charge in [0.1, 0.15) is 11.6 Å². The largest absolute Gasteiger partial charge is 0.494 e. The topological polar surface area (TPSA) is 53.7 Å². The average Bonchev–Trinajstić information content (AvgIpc) is 2.59. The van der Waals surface area contributed by atoms with Gasteiger partial charge in [-0.1, -0.05) is 0 Å². The number of hydrogen-bond acceptors (Lipinski definition) is 4. The van der Waals surface area contributed by atoms with Crippen LogP contribution in [0.15, 0.2) is 18.2 Å². The van der Waals surface area contributed by atoms with Crippen molar-refractivity contribution >= 4 is 0 Å². The van der Waals surface area contributed by atoms with Crippen LogP contribution in [0.3, 0.4) is 0 Å². The molecule has 1 fully saturated rings.